The van der Waals surface area contributed by atoms with Crippen molar-refractivity contribution in [2.75, 3.05) is 4.31 Å². The van der Waals surface area contributed by atoms with E-state index in [1.165, 1.54) is 0 Å². The number of hydrogen-bond acceptors (Lipinski definition) is 6. The largest absolute Gasteiger partial charge is 0.444 e. The number of carbonyl (C=O) groups is 2. The first kappa shape index (κ1) is 36.2. The third-order valence-corrected chi connectivity index (χ3v) is 9.82. The van der Waals surface area contributed by atoms with Gasteiger partial charge in [-0.25, -0.2) is 17.6 Å². The van der Waals surface area contributed by atoms with Crippen LogP contribution in [0.25, 0.3) is 0 Å². The van der Waals surface area contributed by atoms with Gasteiger partial charge in [-0.15, -0.1) is 0 Å². The van der Waals surface area contributed by atoms with Crippen LogP contribution >= 0.6 is 0 Å². The normalized spacial score (nSPS) is 20.8. The molecule has 0 bridgehead atoms. The van der Waals surface area contributed by atoms with Gasteiger partial charge in [0.15, 0.2) is 0 Å². The molecule has 17 heteroatoms. The van der Waals surface area contributed by atoms with Crippen molar-refractivity contribution < 1.29 is 58.6 Å². The molecule has 1 fully saturated rings. The van der Waals surface area contributed by atoms with Crippen molar-refractivity contribution in [3.05, 3.63) is 59.4 Å². The lowest BCUT2D eigenvalue weighted by Gasteiger charge is -2.39. The summed E-state index contributed by atoms with van der Waals surface area (Å²) in [7, 11) is -4.64. The second kappa shape index (κ2) is 12.8. The molecule has 2 aromatic carbocycles. The molecule has 0 unspecified atom stereocenters. The van der Waals surface area contributed by atoms with E-state index in [4.69, 9.17) is 4.74 Å². The summed E-state index contributed by atoms with van der Waals surface area (Å²) in [4.78, 5) is 24.9. The van der Waals surface area contributed by atoms with Gasteiger partial charge in [-0.1, -0.05) is 12.1 Å². The van der Waals surface area contributed by atoms with Gasteiger partial charge >= 0.3 is 18.4 Å². The molecule has 2 aliphatic rings. The van der Waals surface area contributed by atoms with Crippen molar-refractivity contribution in [3.8, 4) is 0 Å². The molecule has 0 saturated heterocycles. The molecule has 2 aromatic rings. The average molecular weight is 698 g/mol. The van der Waals surface area contributed by atoms with Crippen molar-refractivity contribution in [2.24, 2.45) is 0 Å². The number of anilines is 1. The van der Waals surface area contributed by atoms with Crippen LogP contribution in [0, 0.1) is 5.82 Å². The summed E-state index contributed by atoms with van der Waals surface area (Å²) in [6.45, 7) is 5.12. The number of nitrogens with one attached hydrogen (secondary N) is 2. The number of aryl methyl sites for hydroxylation is 1. The second-order valence-electron chi connectivity index (χ2n) is 12.6. The van der Waals surface area contributed by atoms with E-state index >= 15 is 0 Å². The van der Waals surface area contributed by atoms with E-state index < -0.39 is 74.3 Å². The molecular formula is C30H34F7N3O6S. The van der Waals surface area contributed by atoms with Crippen LogP contribution in [-0.2, 0) is 31.6 Å². The summed E-state index contributed by atoms with van der Waals surface area (Å²) in [6.07, 6.45) is -12.4. The maximum atomic E-state index is 13.9. The van der Waals surface area contributed by atoms with Crippen LogP contribution in [0.15, 0.2) is 47.4 Å². The molecule has 4 rings (SSSR count). The van der Waals surface area contributed by atoms with Gasteiger partial charge in [-0.2, -0.15) is 26.3 Å². The van der Waals surface area contributed by atoms with E-state index in [0.717, 1.165) is 34.6 Å². The van der Waals surface area contributed by atoms with Gasteiger partial charge in [0.2, 0.25) is 5.91 Å². The topological polar surface area (TPSA) is 125 Å². The molecule has 1 aliphatic carbocycles. The van der Waals surface area contributed by atoms with Crippen molar-refractivity contribution >= 4 is 27.7 Å². The Labute approximate surface area is 266 Å². The quantitative estimate of drug-likeness (QED) is 0.324. The van der Waals surface area contributed by atoms with Gasteiger partial charge in [-0.3, -0.25) is 9.10 Å². The number of ether oxygens (including phenoxy) is 1. The Kier molecular flexibility index (Phi) is 9.86. The number of rotatable bonds is 7. The van der Waals surface area contributed by atoms with Crippen molar-refractivity contribution in [1.29, 1.82) is 0 Å². The highest BCUT2D eigenvalue weighted by molar-refractivity contribution is 7.92. The molecule has 260 valence electrons. The Bertz CT molecular complexity index is 1580. The fourth-order valence-corrected chi connectivity index (χ4v) is 7.52. The zero-order valence-corrected chi connectivity index (χ0v) is 26.3. The number of carbonyl (C=O) groups excluding carboxylic acids is 2. The summed E-state index contributed by atoms with van der Waals surface area (Å²) in [6, 6.07) is 3.29. The van der Waals surface area contributed by atoms with Crippen LogP contribution in [0.3, 0.4) is 0 Å². The number of hydrogen-bond donors (Lipinski definition) is 3. The zero-order valence-electron chi connectivity index (χ0n) is 25.5. The summed E-state index contributed by atoms with van der Waals surface area (Å²) in [5, 5.41) is 15.4. The average Bonchev–Trinajstić information content (AvgIpc) is 3.35. The Morgan fingerprint density at radius 2 is 1.49 bits per heavy atom. The first-order valence-electron chi connectivity index (χ1n) is 14.6. The molecule has 0 radical (unpaired) electrons. The molecule has 1 heterocycles. The lowest BCUT2D eigenvalue weighted by atomic mass is 9.87. The summed E-state index contributed by atoms with van der Waals surface area (Å²) in [5.74, 6) is -1.35. The predicted molar refractivity (Wildman–Crippen MR) is 154 cm³/mol. The minimum atomic E-state index is -6.16. The Balaban J connectivity index is 1.61. The van der Waals surface area contributed by atoms with E-state index in [-0.39, 0.29) is 36.2 Å². The molecule has 47 heavy (non-hydrogen) atoms. The maximum absolute atomic E-state index is 13.9. The van der Waals surface area contributed by atoms with Gasteiger partial charge in [0.05, 0.1) is 16.6 Å². The molecule has 2 amide bonds. The minimum Gasteiger partial charge on any atom is -0.444 e. The minimum absolute atomic E-state index is 0.186. The molecule has 0 spiro atoms. The number of aliphatic hydroxyl groups is 1. The van der Waals surface area contributed by atoms with Crippen LogP contribution in [0.5, 0.6) is 0 Å². The molecular weight excluding hydrogens is 663 g/mol. The van der Waals surface area contributed by atoms with Gasteiger partial charge in [-0.05, 0) is 88.8 Å². The SMILES string of the molecule is CC(C)(C)OC(=O)N[C@@H]1CC[C@@H](NC(=O)C[C@@H]2CCc3cc(C(O)(C(F)(F)F)C(F)(F)F)ccc3N2S(=O)(=O)c2ccc(F)cc2)C1. The van der Waals surface area contributed by atoms with Crippen LogP contribution < -0.4 is 14.9 Å². The molecule has 0 aromatic heterocycles. The summed E-state index contributed by atoms with van der Waals surface area (Å²) in [5.41, 5.74) is -8.04. The highest BCUT2D eigenvalue weighted by Gasteiger charge is 2.71. The van der Waals surface area contributed by atoms with E-state index in [1.807, 2.05) is 0 Å². The summed E-state index contributed by atoms with van der Waals surface area (Å²) < 4.78 is 129. The van der Waals surface area contributed by atoms with Crippen LogP contribution in [0.4, 0.5) is 41.2 Å². The highest BCUT2D eigenvalue weighted by atomic mass is 32.2. The monoisotopic (exact) mass is 697 g/mol. The zero-order chi connectivity index (χ0) is 35.2. The number of amides is 2. The fraction of sp³-hybridized carbons (Fsp3) is 0.533. The standard InChI is InChI=1S/C30H34F7N3O6S/c1-27(2,3)46-26(42)39-21-9-8-20(15-21)38-25(41)16-22-10-4-17-14-18(28(43,29(32,33)34)30(35,36)37)5-13-24(17)40(22)47(44,45)23-11-6-19(31)7-12-23/h5-7,11-14,20-22,43H,4,8-10,15-16H2,1-3H3,(H,38,41)(H,39,42)/t20-,21-,22+/m1/s1. The van der Waals surface area contributed by atoms with Gasteiger partial charge in [0, 0.05) is 24.1 Å². The van der Waals surface area contributed by atoms with Crippen molar-refractivity contribution in [1.82, 2.24) is 10.6 Å². The lowest BCUT2D eigenvalue weighted by molar-refractivity contribution is -0.376. The Morgan fingerprint density at radius 1 is 0.915 bits per heavy atom. The first-order valence-corrected chi connectivity index (χ1v) is 16.0. The summed E-state index contributed by atoms with van der Waals surface area (Å²) >= 11 is 0. The molecule has 3 N–H and O–H groups in total. The van der Waals surface area contributed by atoms with E-state index in [0.29, 0.717) is 31.4 Å². The Morgan fingerprint density at radius 3 is 2.04 bits per heavy atom. The van der Waals surface area contributed by atoms with E-state index in [2.05, 4.69) is 10.6 Å². The third kappa shape index (κ3) is 7.77. The predicted octanol–water partition coefficient (Wildman–Crippen LogP) is 5.60. The molecule has 9 nitrogen and oxygen atoms in total. The highest BCUT2D eigenvalue weighted by Crippen LogP contribution is 2.51. The number of sulfonamides is 1. The number of alkyl halides is 6. The molecule has 1 aliphatic heterocycles. The van der Waals surface area contributed by atoms with Crippen LogP contribution in [0.2, 0.25) is 0 Å². The van der Waals surface area contributed by atoms with Crippen molar-refractivity contribution in [3.63, 3.8) is 0 Å². The number of alkyl carbamates (subject to hydrolysis) is 1. The smallest absolute Gasteiger partial charge is 0.430 e. The Hall–Kier alpha value is -3.60. The number of benzene rings is 2. The van der Waals surface area contributed by atoms with Gasteiger partial charge < -0.3 is 20.5 Å². The van der Waals surface area contributed by atoms with Crippen LogP contribution in [0.1, 0.15) is 64.0 Å². The van der Waals surface area contributed by atoms with Gasteiger partial charge in [0.25, 0.3) is 15.6 Å². The number of halogens is 7. The van der Waals surface area contributed by atoms with Crippen LogP contribution in [-0.4, -0.2) is 61.6 Å². The maximum Gasteiger partial charge on any atom is 0.430 e. The first-order chi connectivity index (χ1) is 21.5. The lowest BCUT2D eigenvalue weighted by Crippen LogP contribution is -2.54. The van der Waals surface area contributed by atoms with E-state index in [1.54, 1.807) is 20.8 Å². The number of fused-ring (bicyclic) bond motifs is 1. The fourth-order valence-electron chi connectivity index (χ4n) is 5.80. The molecule has 1 saturated carbocycles. The third-order valence-electron chi connectivity index (χ3n) is 7.94. The molecule has 3 atom stereocenters. The second-order valence-corrected chi connectivity index (χ2v) is 14.4. The van der Waals surface area contributed by atoms with E-state index in [9.17, 15) is 53.8 Å². The number of nitrogens with zero attached hydrogens (tertiary/aromatic N) is 1. The van der Waals surface area contributed by atoms with Crippen molar-refractivity contribution in [2.45, 2.75) is 106 Å². The van der Waals surface area contributed by atoms with Gasteiger partial charge in [0.1, 0.15) is 11.4 Å².